The molecule has 0 aromatic rings. The third-order valence-electron chi connectivity index (χ3n) is 5.32. The molecule has 0 amide bonds. The Labute approximate surface area is 95.5 Å². The van der Waals surface area contributed by atoms with Gasteiger partial charge in [0.2, 0.25) is 0 Å². The molecule has 0 aromatic heterocycles. The van der Waals surface area contributed by atoms with Crippen LogP contribution in [-0.4, -0.2) is 11.9 Å². The topological polar surface area (TPSA) is 43.4 Å². The summed E-state index contributed by atoms with van der Waals surface area (Å²) in [5, 5.41) is 0. The Balaban J connectivity index is 2.07. The molecule has 88 valence electrons. The number of esters is 2. The van der Waals surface area contributed by atoms with Crippen molar-refractivity contribution in [1.82, 2.24) is 0 Å². The number of hydrogen-bond donors (Lipinski definition) is 0. The first-order valence-electron chi connectivity index (χ1n) is 6.32. The molecular formula is C13H18O3. The van der Waals surface area contributed by atoms with Crippen LogP contribution in [0, 0.1) is 29.1 Å². The zero-order valence-electron chi connectivity index (χ0n) is 9.86. The van der Waals surface area contributed by atoms with Crippen LogP contribution in [0.2, 0.25) is 0 Å². The first-order chi connectivity index (χ1) is 7.56. The van der Waals surface area contributed by atoms with Crippen molar-refractivity contribution in [2.45, 2.75) is 39.5 Å². The lowest BCUT2D eigenvalue weighted by Gasteiger charge is -2.53. The van der Waals surface area contributed by atoms with Crippen LogP contribution in [0.15, 0.2) is 0 Å². The summed E-state index contributed by atoms with van der Waals surface area (Å²) in [6.07, 6.45) is 4.39. The van der Waals surface area contributed by atoms with Crippen molar-refractivity contribution in [3.8, 4) is 0 Å². The Bertz CT molecular complexity index is 350. The van der Waals surface area contributed by atoms with Gasteiger partial charge in [-0.1, -0.05) is 13.8 Å². The Hall–Kier alpha value is -0.860. The highest BCUT2D eigenvalue weighted by Gasteiger charge is 2.64. The van der Waals surface area contributed by atoms with E-state index in [0.717, 1.165) is 25.7 Å². The molecule has 0 aromatic carbocycles. The lowest BCUT2D eigenvalue weighted by atomic mass is 9.48. The Morgan fingerprint density at radius 1 is 1.19 bits per heavy atom. The molecule has 1 aliphatic heterocycles. The van der Waals surface area contributed by atoms with Gasteiger partial charge in [-0.05, 0) is 42.9 Å². The van der Waals surface area contributed by atoms with Crippen molar-refractivity contribution in [1.29, 1.82) is 0 Å². The maximum absolute atomic E-state index is 11.9. The second-order valence-corrected chi connectivity index (χ2v) is 5.97. The monoisotopic (exact) mass is 222 g/mol. The molecule has 4 fully saturated rings. The minimum Gasteiger partial charge on any atom is -0.393 e. The normalized spacial score (nSPS) is 46.1. The molecule has 0 N–H and O–H groups in total. The van der Waals surface area contributed by atoms with Crippen LogP contribution in [-0.2, 0) is 14.3 Å². The maximum atomic E-state index is 11.9. The van der Waals surface area contributed by atoms with E-state index in [4.69, 9.17) is 4.74 Å². The van der Waals surface area contributed by atoms with Crippen molar-refractivity contribution >= 4 is 11.9 Å². The molecule has 4 rings (SSSR count). The SMILES string of the molecule is CC(C)C12CCC(CC1)C1C(=O)OC(=O)C12. The molecule has 2 unspecified atom stereocenters. The first kappa shape index (κ1) is 10.3. The van der Waals surface area contributed by atoms with Crippen LogP contribution < -0.4 is 0 Å². The smallest absolute Gasteiger partial charge is 0.318 e. The molecule has 16 heavy (non-hydrogen) atoms. The highest BCUT2D eigenvalue weighted by atomic mass is 16.6. The van der Waals surface area contributed by atoms with Gasteiger partial charge < -0.3 is 4.74 Å². The van der Waals surface area contributed by atoms with E-state index in [1.165, 1.54) is 0 Å². The fourth-order valence-corrected chi connectivity index (χ4v) is 4.35. The van der Waals surface area contributed by atoms with Crippen molar-refractivity contribution < 1.29 is 14.3 Å². The average Bonchev–Trinajstić information content (AvgIpc) is 2.58. The van der Waals surface area contributed by atoms with E-state index >= 15 is 0 Å². The van der Waals surface area contributed by atoms with Gasteiger partial charge in [0.25, 0.3) is 0 Å². The second-order valence-electron chi connectivity index (χ2n) is 5.97. The molecule has 3 aliphatic carbocycles. The molecule has 3 nitrogen and oxygen atoms in total. The lowest BCUT2D eigenvalue weighted by Crippen LogP contribution is -2.52. The molecular weight excluding hydrogens is 204 g/mol. The summed E-state index contributed by atoms with van der Waals surface area (Å²) >= 11 is 0. The third-order valence-corrected chi connectivity index (χ3v) is 5.32. The zero-order valence-corrected chi connectivity index (χ0v) is 9.86. The lowest BCUT2D eigenvalue weighted by molar-refractivity contribution is -0.155. The number of ether oxygens (including phenoxy) is 1. The quantitative estimate of drug-likeness (QED) is 0.504. The van der Waals surface area contributed by atoms with E-state index in [9.17, 15) is 9.59 Å². The number of fused-ring (bicyclic) bond motifs is 2. The van der Waals surface area contributed by atoms with Gasteiger partial charge in [-0.2, -0.15) is 0 Å². The fourth-order valence-electron chi connectivity index (χ4n) is 4.35. The summed E-state index contributed by atoms with van der Waals surface area (Å²) in [6.45, 7) is 4.36. The van der Waals surface area contributed by atoms with Crippen LogP contribution >= 0.6 is 0 Å². The predicted octanol–water partition coefficient (Wildman–Crippen LogP) is 2.15. The van der Waals surface area contributed by atoms with Gasteiger partial charge >= 0.3 is 11.9 Å². The summed E-state index contributed by atoms with van der Waals surface area (Å²) in [7, 11) is 0. The third kappa shape index (κ3) is 1.04. The summed E-state index contributed by atoms with van der Waals surface area (Å²) in [6, 6.07) is 0. The van der Waals surface area contributed by atoms with Crippen LogP contribution in [0.3, 0.4) is 0 Å². The van der Waals surface area contributed by atoms with Gasteiger partial charge in [0.15, 0.2) is 0 Å². The van der Waals surface area contributed by atoms with Gasteiger partial charge in [-0.3, -0.25) is 9.59 Å². The summed E-state index contributed by atoms with van der Waals surface area (Å²) in [5.74, 6) is 0.131. The van der Waals surface area contributed by atoms with Crippen molar-refractivity contribution in [2.75, 3.05) is 0 Å². The number of cyclic esters (lactones) is 2. The summed E-state index contributed by atoms with van der Waals surface area (Å²) in [4.78, 5) is 23.6. The number of carbonyl (C=O) groups excluding carboxylic acids is 2. The van der Waals surface area contributed by atoms with E-state index < -0.39 is 0 Å². The molecule has 3 heteroatoms. The van der Waals surface area contributed by atoms with Crippen molar-refractivity contribution in [3.05, 3.63) is 0 Å². The van der Waals surface area contributed by atoms with Gasteiger partial charge in [0, 0.05) is 0 Å². The zero-order chi connectivity index (χ0) is 11.5. The van der Waals surface area contributed by atoms with Crippen LogP contribution in [0.1, 0.15) is 39.5 Å². The van der Waals surface area contributed by atoms with Crippen LogP contribution in [0.25, 0.3) is 0 Å². The highest BCUT2D eigenvalue weighted by Crippen LogP contribution is 2.62. The molecule has 1 heterocycles. The largest absolute Gasteiger partial charge is 0.393 e. The number of rotatable bonds is 1. The van der Waals surface area contributed by atoms with Gasteiger partial charge in [-0.15, -0.1) is 0 Å². The van der Waals surface area contributed by atoms with Crippen molar-refractivity contribution in [3.63, 3.8) is 0 Å². The molecule has 4 aliphatic rings. The molecule has 3 saturated carbocycles. The average molecular weight is 222 g/mol. The van der Waals surface area contributed by atoms with E-state index in [-0.39, 0.29) is 29.2 Å². The minimum atomic E-state index is -0.246. The number of carbonyl (C=O) groups is 2. The van der Waals surface area contributed by atoms with Gasteiger partial charge in [0.05, 0.1) is 11.8 Å². The first-order valence-corrected chi connectivity index (χ1v) is 6.32. The minimum absolute atomic E-state index is 0.0443. The Morgan fingerprint density at radius 3 is 2.38 bits per heavy atom. The summed E-state index contributed by atoms with van der Waals surface area (Å²) in [5.41, 5.74) is 0.0443. The molecule has 0 radical (unpaired) electrons. The number of hydrogen-bond acceptors (Lipinski definition) is 3. The molecule has 2 bridgehead atoms. The van der Waals surface area contributed by atoms with E-state index in [0.29, 0.717) is 11.8 Å². The Morgan fingerprint density at radius 2 is 1.81 bits per heavy atom. The molecule has 0 spiro atoms. The second kappa shape index (κ2) is 3.08. The van der Waals surface area contributed by atoms with E-state index in [2.05, 4.69) is 13.8 Å². The molecule has 1 saturated heterocycles. The van der Waals surface area contributed by atoms with E-state index in [1.807, 2.05) is 0 Å². The maximum Gasteiger partial charge on any atom is 0.318 e. The van der Waals surface area contributed by atoms with Crippen LogP contribution in [0.5, 0.6) is 0 Å². The Kier molecular flexibility index (Phi) is 1.99. The van der Waals surface area contributed by atoms with Gasteiger partial charge in [-0.25, -0.2) is 0 Å². The summed E-state index contributed by atoms with van der Waals surface area (Å²) < 4.78 is 4.89. The fraction of sp³-hybridized carbons (Fsp3) is 0.846. The van der Waals surface area contributed by atoms with Crippen LogP contribution in [0.4, 0.5) is 0 Å². The standard InChI is InChI=1S/C13H18O3/c1-7(2)13-5-3-8(4-6-13)9-10(13)12(15)16-11(9)14/h7-10H,3-6H2,1-2H3. The van der Waals surface area contributed by atoms with Gasteiger partial charge in [0.1, 0.15) is 0 Å². The van der Waals surface area contributed by atoms with Crippen molar-refractivity contribution in [2.24, 2.45) is 29.1 Å². The highest BCUT2D eigenvalue weighted by molar-refractivity contribution is 5.97. The molecule has 2 atom stereocenters. The predicted molar refractivity (Wildman–Crippen MR) is 57.3 cm³/mol. The van der Waals surface area contributed by atoms with E-state index in [1.54, 1.807) is 0 Å².